The first kappa shape index (κ1) is 14.9. The Bertz CT molecular complexity index is 560. The molecule has 0 aliphatic heterocycles. The van der Waals surface area contributed by atoms with Crippen LogP contribution in [-0.2, 0) is 0 Å². The summed E-state index contributed by atoms with van der Waals surface area (Å²) in [4.78, 5) is 0. The Balaban J connectivity index is 1.83. The van der Waals surface area contributed by atoms with Gasteiger partial charge in [0.05, 0.1) is 12.8 Å². The first-order valence-corrected chi connectivity index (χ1v) is 6.37. The van der Waals surface area contributed by atoms with Gasteiger partial charge in [-0.3, -0.25) is 5.43 Å². The zero-order chi connectivity index (χ0) is 14.9. The molecule has 2 rings (SSSR count). The smallest absolute Gasteiger partial charge is 0.233 e. The lowest BCUT2D eigenvalue weighted by atomic mass is 10.2. The highest BCUT2D eigenvalue weighted by molar-refractivity contribution is 5.79. The molecule has 7 nitrogen and oxygen atoms in total. The van der Waals surface area contributed by atoms with Gasteiger partial charge in [-0.15, -0.1) is 10.2 Å². The third kappa shape index (κ3) is 5.17. The zero-order valence-corrected chi connectivity index (χ0v) is 11.3. The van der Waals surface area contributed by atoms with E-state index in [2.05, 4.69) is 20.7 Å². The van der Waals surface area contributed by atoms with E-state index < -0.39 is 6.10 Å². The summed E-state index contributed by atoms with van der Waals surface area (Å²) in [5, 5.41) is 29.5. The van der Waals surface area contributed by atoms with Crippen LogP contribution in [0, 0.1) is 0 Å². The molecule has 3 N–H and O–H groups in total. The van der Waals surface area contributed by atoms with E-state index in [0.717, 1.165) is 5.56 Å². The van der Waals surface area contributed by atoms with Gasteiger partial charge in [0, 0.05) is 6.07 Å². The second-order valence-corrected chi connectivity index (χ2v) is 4.18. The minimum Gasteiger partial charge on any atom is -0.474 e. The fraction of sp³-hybridized carbons (Fsp3) is 0.214. The number of rotatable bonds is 7. The molecule has 21 heavy (non-hydrogen) atoms. The van der Waals surface area contributed by atoms with E-state index in [4.69, 9.17) is 14.9 Å². The van der Waals surface area contributed by atoms with Gasteiger partial charge in [0.25, 0.3) is 0 Å². The van der Waals surface area contributed by atoms with Crippen molar-refractivity contribution in [3.05, 3.63) is 48.0 Å². The summed E-state index contributed by atoms with van der Waals surface area (Å²) >= 11 is 0. The number of hydrogen-bond acceptors (Lipinski definition) is 7. The largest absolute Gasteiger partial charge is 0.474 e. The quantitative estimate of drug-likeness (QED) is 0.511. The van der Waals surface area contributed by atoms with E-state index in [1.54, 1.807) is 18.3 Å². The van der Waals surface area contributed by atoms with Gasteiger partial charge < -0.3 is 14.9 Å². The lowest BCUT2D eigenvalue weighted by Crippen LogP contribution is -2.21. The van der Waals surface area contributed by atoms with E-state index >= 15 is 0 Å². The van der Waals surface area contributed by atoms with Crippen LogP contribution in [0.3, 0.4) is 0 Å². The van der Waals surface area contributed by atoms with Crippen molar-refractivity contribution in [2.24, 2.45) is 5.10 Å². The van der Waals surface area contributed by atoms with Crippen molar-refractivity contribution in [3.8, 4) is 5.88 Å². The van der Waals surface area contributed by atoms with E-state index in [1.165, 1.54) is 0 Å². The number of nitrogens with zero attached hydrogens (tertiary/aromatic N) is 3. The topological polar surface area (TPSA) is 99.9 Å². The second-order valence-electron chi connectivity index (χ2n) is 4.18. The van der Waals surface area contributed by atoms with Crippen LogP contribution in [0.25, 0.3) is 0 Å². The normalized spacial score (nSPS) is 12.3. The average molecular weight is 288 g/mol. The molecule has 1 unspecified atom stereocenters. The summed E-state index contributed by atoms with van der Waals surface area (Å²) in [5.74, 6) is 0.734. The lowest BCUT2D eigenvalue weighted by molar-refractivity contribution is 0.0518. The predicted octanol–water partition coefficient (Wildman–Crippen LogP) is 0.655. The fourth-order valence-corrected chi connectivity index (χ4v) is 1.40. The highest BCUT2D eigenvalue weighted by atomic mass is 16.5. The number of hydrazone groups is 1. The van der Waals surface area contributed by atoms with Gasteiger partial charge in [-0.25, -0.2) is 0 Å². The predicted molar refractivity (Wildman–Crippen MR) is 78.3 cm³/mol. The standard InChI is InChI=1S/C14H16N4O3/c19-9-12(20)10-21-14-7-6-13(17-18-14)16-15-8-11-4-2-1-3-5-11/h1-8,12,19-20H,9-10H2,(H,16,17). The van der Waals surface area contributed by atoms with Crippen LogP contribution < -0.4 is 10.2 Å². The molecular formula is C14H16N4O3. The number of aromatic nitrogens is 2. The maximum Gasteiger partial charge on any atom is 0.233 e. The van der Waals surface area contributed by atoms with Crippen molar-refractivity contribution in [2.75, 3.05) is 18.6 Å². The van der Waals surface area contributed by atoms with Crippen LogP contribution in [0.5, 0.6) is 5.88 Å². The molecule has 1 aromatic heterocycles. The third-order valence-corrected chi connectivity index (χ3v) is 2.47. The van der Waals surface area contributed by atoms with Crippen LogP contribution in [0.1, 0.15) is 5.56 Å². The Hall–Kier alpha value is -2.51. The molecule has 0 amide bonds. The van der Waals surface area contributed by atoms with Crippen LogP contribution in [0.15, 0.2) is 47.6 Å². The van der Waals surface area contributed by atoms with E-state index in [-0.39, 0.29) is 19.1 Å². The van der Waals surface area contributed by atoms with Gasteiger partial charge in [-0.1, -0.05) is 30.3 Å². The highest BCUT2D eigenvalue weighted by Crippen LogP contribution is 2.08. The van der Waals surface area contributed by atoms with Crippen LogP contribution >= 0.6 is 0 Å². The first-order valence-electron chi connectivity index (χ1n) is 6.37. The Labute approximate surface area is 121 Å². The molecule has 2 aromatic rings. The van der Waals surface area contributed by atoms with Crippen molar-refractivity contribution >= 4 is 12.0 Å². The number of nitrogens with one attached hydrogen (secondary N) is 1. The van der Waals surface area contributed by atoms with Crippen molar-refractivity contribution in [1.29, 1.82) is 0 Å². The summed E-state index contributed by atoms with van der Waals surface area (Å²) in [6.07, 6.45) is 0.740. The highest BCUT2D eigenvalue weighted by Gasteiger charge is 2.04. The van der Waals surface area contributed by atoms with Gasteiger partial charge in [0.2, 0.25) is 5.88 Å². The maximum atomic E-state index is 9.14. The number of ether oxygens (including phenoxy) is 1. The molecule has 0 saturated carbocycles. The number of hydrogen-bond donors (Lipinski definition) is 3. The van der Waals surface area contributed by atoms with E-state index in [0.29, 0.717) is 5.82 Å². The molecule has 0 spiro atoms. The van der Waals surface area contributed by atoms with Gasteiger partial charge in [0.15, 0.2) is 5.82 Å². The summed E-state index contributed by atoms with van der Waals surface area (Å²) < 4.78 is 5.14. The Kier molecular flexibility index (Phi) is 5.62. The van der Waals surface area contributed by atoms with Crippen molar-refractivity contribution in [1.82, 2.24) is 10.2 Å². The van der Waals surface area contributed by atoms with Crippen LogP contribution in [0.4, 0.5) is 5.82 Å². The summed E-state index contributed by atoms with van der Waals surface area (Å²) in [6, 6.07) is 12.9. The maximum absolute atomic E-state index is 9.14. The number of aliphatic hydroxyl groups excluding tert-OH is 2. The molecule has 7 heteroatoms. The average Bonchev–Trinajstić information content (AvgIpc) is 2.55. The van der Waals surface area contributed by atoms with Gasteiger partial charge in [-0.05, 0) is 11.6 Å². The van der Waals surface area contributed by atoms with Crippen molar-refractivity contribution in [3.63, 3.8) is 0 Å². The number of anilines is 1. The van der Waals surface area contributed by atoms with E-state index in [9.17, 15) is 0 Å². The van der Waals surface area contributed by atoms with Crippen molar-refractivity contribution < 1.29 is 14.9 Å². The second kappa shape index (κ2) is 7.93. The molecule has 1 heterocycles. The van der Waals surface area contributed by atoms with E-state index in [1.807, 2.05) is 30.3 Å². The number of benzene rings is 1. The fourth-order valence-electron chi connectivity index (χ4n) is 1.40. The summed E-state index contributed by atoms with van der Waals surface area (Å²) in [6.45, 7) is -0.397. The summed E-state index contributed by atoms with van der Waals surface area (Å²) in [5.41, 5.74) is 3.72. The van der Waals surface area contributed by atoms with Crippen LogP contribution in [-0.4, -0.2) is 45.9 Å². The molecule has 0 fully saturated rings. The summed E-state index contributed by atoms with van der Waals surface area (Å²) in [7, 11) is 0. The van der Waals surface area contributed by atoms with Gasteiger partial charge in [-0.2, -0.15) is 5.10 Å². The first-order chi connectivity index (χ1) is 10.3. The Morgan fingerprint density at radius 3 is 2.67 bits per heavy atom. The molecule has 0 bridgehead atoms. The molecule has 1 atom stereocenters. The zero-order valence-electron chi connectivity index (χ0n) is 11.3. The minimum absolute atomic E-state index is 0.0376. The molecular weight excluding hydrogens is 272 g/mol. The molecule has 110 valence electrons. The van der Waals surface area contributed by atoms with Crippen molar-refractivity contribution in [2.45, 2.75) is 6.10 Å². The third-order valence-electron chi connectivity index (χ3n) is 2.47. The molecule has 0 aliphatic carbocycles. The Morgan fingerprint density at radius 1 is 1.19 bits per heavy atom. The lowest BCUT2D eigenvalue weighted by Gasteiger charge is -2.08. The van der Waals surface area contributed by atoms with Gasteiger partial charge >= 0.3 is 0 Å². The minimum atomic E-state index is -0.930. The SMILES string of the molecule is OCC(O)COc1ccc(NN=Cc2ccccc2)nn1. The van der Waals surface area contributed by atoms with Crippen LogP contribution in [0.2, 0.25) is 0 Å². The van der Waals surface area contributed by atoms with Gasteiger partial charge in [0.1, 0.15) is 12.7 Å². The Morgan fingerprint density at radius 2 is 2.00 bits per heavy atom. The number of aliphatic hydroxyl groups is 2. The molecule has 1 aromatic carbocycles. The molecule has 0 aliphatic rings. The monoisotopic (exact) mass is 288 g/mol. The molecule has 0 radical (unpaired) electrons. The molecule has 0 saturated heterocycles.